The molecule has 0 amide bonds. The first-order chi connectivity index (χ1) is 15.6. The van der Waals surface area contributed by atoms with Crippen LogP contribution in [0.25, 0.3) is 16.8 Å². The Morgan fingerprint density at radius 1 is 1.09 bits per heavy atom. The molecule has 6 heteroatoms. The molecular weight excluding hydrogens is 432 g/mol. The largest absolute Gasteiger partial charge is 0.497 e. The SMILES string of the molecule is CCCCC(CCCC)Nc1c2c(nc3c(-c4ccc(OC)cc4C)c(C)nn13)CCC2.Cl. The highest BCUT2D eigenvalue weighted by Crippen LogP contribution is 2.37. The van der Waals surface area contributed by atoms with Gasteiger partial charge in [-0.15, -0.1) is 12.4 Å². The maximum absolute atomic E-state index is 5.43. The number of hydrogen-bond donors (Lipinski definition) is 1. The quantitative estimate of drug-likeness (QED) is 0.343. The van der Waals surface area contributed by atoms with Crippen molar-refractivity contribution in [2.75, 3.05) is 12.4 Å². The van der Waals surface area contributed by atoms with Gasteiger partial charge in [0.15, 0.2) is 5.65 Å². The molecule has 0 saturated heterocycles. The van der Waals surface area contributed by atoms with Crippen LogP contribution < -0.4 is 10.1 Å². The molecule has 1 N–H and O–H groups in total. The molecule has 0 bridgehead atoms. The molecular formula is C27H39ClN4O. The monoisotopic (exact) mass is 470 g/mol. The number of halogens is 1. The van der Waals surface area contributed by atoms with Gasteiger partial charge in [0.05, 0.1) is 12.8 Å². The van der Waals surface area contributed by atoms with E-state index in [-0.39, 0.29) is 12.4 Å². The van der Waals surface area contributed by atoms with Gasteiger partial charge in [-0.3, -0.25) is 0 Å². The molecule has 1 aliphatic rings. The van der Waals surface area contributed by atoms with Crippen molar-refractivity contribution < 1.29 is 4.74 Å². The molecule has 5 nitrogen and oxygen atoms in total. The fraction of sp³-hybridized carbons (Fsp3) is 0.556. The molecule has 2 aromatic heterocycles. The first kappa shape index (κ1) is 25.4. The molecule has 1 aromatic carbocycles. The third kappa shape index (κ3) is 5.13. The number of fused-ring (bicyclic) bond motifs is 2. The maximum atomic E-state index is 5.43. The Bertz CT molecular complexity index is 1080. The normalized spacial score (nSPS) is 12.8. The molecule has 33 heavy (non-hydrogen) atoms. The predicted octanol–water partition coefficient (Wildman–Crippen LogP) is 7.09. The van der Waals surface area contributed by atoms with E-state index in [4.69, 9.17) is 14.8 Å². The van der Waals surface area contributed by atoms with Gasteiger partial charge in [0.1, 0.15) is 11.6 Å². The van der Waals surface area contributed by atoms with Crippen molar-refractivity contribution >= 4 is 23.9 Å². The number of aromatic nitrogens is 3. The van der Waals surface area contributed by atoms with Crippen molar-refractivity contribution in [1.29, 1.82) is 0 Å². The average Bonchev–Trinajstić information content (AvgIpc) is 3.39. The third-order valence-electron chi connectivity index (χ3n) is 6.82. The second-order valence-electron chi connectivity index (χ2n) is 9.24. The number of nitrogens with one attached hydrogen (secondary N) is 1. The first-order valence-electron chi connectivity index (χ1n) is 12.4. The van der Waals surface area contributed by atoms with Gasteiger partial charge < -0.3 is 10.1 Å². The number of unbranched alkanes of at least 4 members (excludes halogenated alkanes) is 2. The molecule has 0 saturated carbocycles. The Kier molecular flexibility index (Phi) is 8.63. The summed E-state index contributed by atoms with van der Waals surface area (Å²) in [7, 11) is 1.71. The van der Waals surface area contributed by atoms with Gasteiger partial charge >= 0.3 is 0 Å². The minimum atomic E-state index is 0. The van der Waals surface area contributed by atoms with Crippen LogP contribution in [0.1, 0.15) is 81.3 Å². The van der Waals surface area contributed by atoms with Crippen molar-refractivity contribution in [2.45, 2.75) is 91.5 Å². The molecule has 0 radical (unpaired) electrons. The lowest BCUT2D eigenvalue weighted by Gasteiger charge is -2.22. The summed E-state index contributed by atoms with van der Waals surface area (Å²) in [5.41, 5.74) is 8.13. The molecule has 0 atom stereocenters. The fourth-order valence-electron chi connectivity index (χ4n) is 5.03. The Hall–Kier alpha value is -2.27. The summed E-state index contributed by atoms with van der Waals surface area (Å²) in [4.78, 5) is 5.16. The molecule has 0 unspecified atom stereocenters. The molecule has 0 spiro atoms. The summed E-state index contributed by atoms with van der Waals surface area (Å²) in [5, 5.41) is 8.98. The van der Waals surface area contributed by atoms with E-state index in [0.29, 0.717) is 6.04 Å². The van der Waals surface area contributed by atoms with E-state index in [0.717, 1.165) is 35.5 Å². The van der Waals surface area contributed by atoms with Crippen molar-refractivity contribution in [3.63, 3.8) is 0 Å². The Labute approximate surface area is 204 Å². The summed E-state index contributed by atoms with van der Waals surface area (Å²) >= 11 is 0. The van der Waals surface area contributed by atoms with Crippen molar-refractivity contribution in [3.05, 3.63) is 40.7 Å². The number of anilines is 1. The maximum Gasteiger partial charge on any atom is 0.165 e. The van der Waals surface area contributed by atoms with E-state index in [9.17, 15) is 0 Å². The number of aryl methyl sites for hydroxylation is 3. The van der Waals surface area contributed by atoms with Gasteiger partial charge in [-0.05, 0) is 69.2 Å². The van der Waals surface area contributed by atoms with Crippen molar-refractivity contribution in [3.8, 4) is 16.9 Å². The minimum absolute atomic E-state index is 0. The summed E-state index contributed by atoms with van der Waals surface area (Å²) in [6.07, 6.45) is 10.7. The van der Waals surface area contributed by atoms with Crippen LogP contribution >= 0.6 is 12.4 Å². The Balaban J connectivity index is 0.00000306. The molecule has 0 aliphatic heterocycles. The molecule has 1 aliphatic carbocycles. The molecule has 3 aromatic rings. The Morgan fingerprint density at radius 2 is 1.82 bits per heavy atom. The van der Waals surface area contributed by atoms with Gasteiger partial charge in [-0.25, -0.2) is 4.98 Å². The van der Waals surface area contributed by atoms with E-state index in [1.54, 1.807) is 7.11 Å². The van der Waals surface area contributed by atoms with Crippen LogP contribution in [0.5, 0.6) is 5.75 Å². The zero-order valence-corrected chi connectivity index (χ0v) is 21.6. The van der Waals surface area contributed by atoms with Crippen LogP contribution in [-0.4, -0.2) is 27.7 Å². The van der Waals surface area contributed by atoms with Crippen molar-refractivity contribution in [2.24, 2.45) is 0 Å². The zero-order chi connectivity index (χ0) is 22.7. The average molecular weight is 471 g/mol. The van der Waals surface area contributed by atoms with Gasteiger partial charge in [0.25, 0.3) is 0 Å². The van der Waals surface area contributed by atoms with Crippen LogP contribution in [0.15, 0.2) is 18.2 Å². The van der Waals surface area contributed by atoms with E-state index in [1.165, 1.54) is 73.1 Å². The standard InChI is InChI=1S/C27H38N4O.ClH/c1-6-8-11-20(12-9-7-2)28-26-23-13-10-14-24(23)29-27-25(19(4)30-31(26)27)22-16-15-21(32-5)17-18(22)3;/h15-17,20,28H,6-14H2,1-5H3;1H. The highest BCUT2D eigenvalue weighted by molar-refractivity contribution is 5.85. The van der Waals surface area contributed by atoms with E-state index >= 15 is 0 Å². The lowest BCUT2D eigenvalue weighted by atomic mass is 10.0. The van der Waals surface area contributed by atoms with Gasteiger partial charge in [0.2, 0.25) is 0 Å². The molecule has 0 fully saturated rings. The number of ether oxygens (including phenoxy) is 1. The smallest absolute Gasteiger partial charge is 0.165 e. The van der Waals surface area contributed by atoms with Gasteiger partial charge in [-0.2, -0.15) is 9.61 Å². The number of methoxy groups -OCH3 is 1. The number of nitrogens with zero attached hydrogens (tertiary/aromatic N) is 3. The number of rotatable bonds is 10. The van der Waals surface area contributed by atoms with Crippen LogP contribution in [0, 0.1) is 13.8 Å². The highest BCUT2D eigenvalue weighted by Gasteiger charge is 2.26. The van der Waals surface area contributed by atoms with Gasteiger partial charge in [-0.1, -0.05) is 45.6 Å². The second kappa shape index (κ2) is 11.2. The predicted molar refractivity (Wildman–Crippen MR) is 140 cm³/mol. The summed E-state index contributed by atoms with van der Waals surface area (Å²) in [6, 6.07) is 6.76. The van der Waals surface area contributed by atoms with Crippen LogP contribution in [0.3, 0.4) is 0 Å². The van der Waals surface area contributed by atoms with Crippen molar-refractivity contribution in [1.82, 2.24) is 14.6 Å². The summed E-state index contributed by atoms with van der Waals surface area (Å²) < 4.78 is 7.53. The summed E-state index contributed by atoms with van der Waals surface area (Å²) in [5.74, 6) is 2.06. The van der Waals surface area contributed by atoms with E-state index in [2.05, 4.69) is 49.7 Å². The lowest BCUT2D eigenvalue weighted by Crippen LogP contribution is -2.23. The number of hydrogen-bond acceptors (Lipinski definition) is 4. The van der Waals surface area contributed by atoms with Crippen LogP contribution in [0.2, 0.25) is 0 Å². The van der Waals surface area contributed by atoms with E-state index < -0.39 is 0 Å². The van der Waals surface area contributed by atoms with Crippen LogP contribution in [0.4, 0.5) is 5.82 Å². The van der Waals surface area contributed by atoms with Crippen LogP contribution in [-0.2, 0) is 12.8 Å². The third-order valence-corrected chi connectivity index (χ3v) is 6.82. The topological polar surface area (TPSA) is 51.5 Å². The van der Waals surface area contributed by atoms with E-state index in [1.807, 2.05) is 6.07 Å². The van der Waals surface area contributed by atoms with Gasteiger partial charge in [0, 0.05) is 22.9 Å². The summed E-state index contributed by atoms with van der Waals surface area (Å²) in [6.45, 7) is 8.80. The lowest BCUT2D eigenvalue weighted by molar-refractivity contribution is 0.414. The second-order valence-corrected chi connectivity index (χ2v) is 9.24. The molecule has 180 valence electrons. The molecule has 2 heterocycles. The molecule has 4 rings (SSSR count). The minimum Gasteiger partial charge on any atom is -0.497 e. The highest BCUT2D eigenvalue weighted by atomic mass is 35.5. The first-order valence-corrected chi connectivity index (χ1v) is 12.4. The fourth-order valence-corrected chi connectivity index (χ4v) is 5.03. The Morgan fingerprint density at radius 3 is 2.45 bits per heavy atom. The zero-order valence-electron chi connectivity index (χ0n) is 20.8. The number of benzene rings is 1.